The van der Waals surface area contributed by atoms with Gasteiger partial charge in [-0.1, -0.05) is 103 Å². The Morgan fingerprint density at radius 1 is 0.619 bits per heavy atom. The highest BCUT2D eigenvalue weighted by atomic mass is 16.4. The lowest BCUT2D eigenvalue weighted by molar-refractivity contribution is -0.141. The molecule has 0 aromatic heterocycles. The second-order valence-electron chi connectivity index (χ2n) is 11.7. The summed E-state index contributed by atoms with van der Waals surface area (Å²) in [7, 11) is 0. The minimum atomic E-state index is -0.991. The molecular weight excluding hydrogens is 530 g/mol. The molecule has 42 heavy (non-hydrogen) atoms. The molecule has 1 heterocycles. The molecule has 0 atom stereocenters. The number of nitrogens with zero attached hydrogens (tertiary/aromatic N) is 2. The van der Waals surface area contributed by atoms with Crippen molar-refractivity contribution in [1.29, 1.82) is 0 Å². The zero-order valence-corrected chi connectivity index (χ0v) is 26.0. The van der Waals surface area contributed by atoms with Gasteiger partial charge >= 0.3 is 5.97 Å². The van der Waals surface area contributed by atoms with Crippen LogP contribution < -0.4 is 5.32 Å². The summed E-state index contributed by atoms with van der Waals surface area (Å²) in [6.45, 7) is 4.52. The van der Waals surface area contributed by atoms with Gasteiger partial charge in [-0.2, -0.15) is 0 Å². The summed E-state index contributed by atoms with van der Waals surface area (Å²) in [4.78, 5) is 51.4. The number of hydrogen-bond acceptors (Lipinski definition) is 4. The molecule has 2 rings (SSSR count). The van der Waals surface area contributed by atoms with Crippen molar-refractivity contribution in [3.05, 3.63) is 35.4 Å². The van der Waals surface area contributed by atoms with E-state index in [4.69, 9.17) is 5.11 Å². The van der Waals surface area contributed by atoms with E-state index in [1.165, 1.54) is 89.9 Å². The van der Waals surface area contributed by atoms with E-state index in [1.54, 1.807) is 34.1 Å². The van der Waals surface area contributed by atoms with Crippen LogP contribution in [0.25, 0.3) is 0 Å². The minimum absolute atomic E-state index is 0.0215. The number of benzene rings is 1. The first kappa shape index (κ1) is 35.3. The van der Waals surface area contributed by atoms with Gasteiger partial charge in [0.2, 0.25) is 5.91 Å². The maximum atomic E-state index is 12.9. The van der Waals surface area contributed by atoms with Crippen LogP contribution >= 0.6 is 0 Å². The fourth-order valence-electron chi connectivity index (χ4n) is 5.45. The van der Waals surface area contributed by atoms with Crippen molar-refractivity contribution < 1.29 is 24.3 Å². The van der Waals surface area contributed by atoms with Crippen LogP contribution in [-0.2, 0) is 9.59 Å². The Morgan fingerprint density at radius 2 is 1.05 bits per heavy atom. The van der Waals surface area contributed by atoms with Crippen molar-refractivity contribution >= 4 is 23.7 Å². The summed E-state index contributed by atoms with van der Waals surface area (Å²) in [5.74, 6) is -1.44. The summed E-state index contributed by atoms with van der Waals surface area (Å²) in [6.07, 6.45) is 21.0. The van der Waals surface area contributed by atoms with Crippen LogP contribution in [0.1, 0.15) is 143 Å². The molecule has 1 aliphatic rings. The van der Waals surface area contributed by atoms with Gasteiger partial charge in [0.1, 0.15) is 0 Å². The normalized spacial score (nSPS) is 13.3. The summed E-state index contributed by atoms with van der Waals surface area (Å²) in [6, 6.07) is 6.72. The largest absolute Gasteiger partial charge is 0.481 e. The van der Waals surface area contributed by atoms with E-state index in [0.717, 1.165) is 12.8 Å². The molecule has 1 saturated heterocycles. The van der Waals surface area contributed by atoms with E-state index < -0.39 is 5.97 Å². The molecule has 1 aromatic rings. The van der Waals surface area contributed by atoms with E-state index in [0.29, 0.717) is 43.9 Å². The van der Waals surface area contributed by atoms with Crippen molar-refractivity contribution in [2.45, 2.75) is 122 Å². The third-order valence-electron chi connectivity index (χ3n) is 8.18. The highest BCUT2D eigenvalue weighted by Crippen LogP contribution is 2.14. The third kappa shape index (κ3) is 14.8. The Hall–Kier alpha value is -2.90. The number of nitrogens with one attached hydrogen (secondary N) is 1. The molecule has 1 fully saturated rings. The molecule has 236 valence electrons. The molecular formula is C34H55N3O5. The quantitative estimate of drug-likeness (QED) is 0.145. The fourth-order valence-corrected chi connectivity index (χ4v) is 5.45. The number of rotatable bonds is 22. The van der Waals surface area contributed by atoms with Crippen molar-refractivity contribution in [2.75, 3.05) is 32.7 Å². The molecule has 1 aromatic carbocycles. The van der Waals surface area contributed by atoms with Gasteiger partial charge in [0.05, 0.1) is 6.42 Å². The van der Waals surface area contributed by atoms with Crippen LogP contribution in [0.5, 0.6) is 0 Å². The Morgan fingerprint density at radius 3 is 1.52 bits per heavy atom. The smallest absolute Gasteiger partial charge is 0.303 e. The van der Waals surface area contributed by atoms with E-state index in [1.807, 2.05) is 0 Å². The Balaban J connectivity index is 1.49. The van der Waals surface area contributed by atoms with Crippen LogP contribution in [0.15, 0.2) is 24.3 Å². The summed E-state index contributed by atoms with van der Waals surface area (Å²) in [5, 5.41) is 11.7. The molecule has 8 heteroatoms. The van der Waals surface area contributed by atoms with E-state index in [9.17, 15) is 19.2 Å². The fraction of sp³-hybridized carbons (Fsp3) is 0.706. The first-order chi connectivity index (χ1) is 20.4. The number of amides is 3. The zero-order chi connectivity index (χ0) is 30.4. The van der Waals surface area contributed by atoms with Crippen LogP contribution in [0.2, 0.25) is 0 Å². The van der Waals surface area contributed by atoms with Gasteiger partial charge in [-0.25, -0.2) is 0 Å². The standard InChI is InChI=1S/C34H55N3O5/c1-2-3-4-5-6-7-8-9-10-11-12-13-14-15-16-17-24-35-33(41)29-18-20-30(21-19-29)34(42)37-27-25-36(26-28-37)31(38)22-23-32(39)40/h18-21H,2-17,22-28H2,1H3,(H,35,41)(H,39,40). The number of aliphatic carboxylic acids is 1. The van der Waals surface area contributed by atoms with Gasteiger partial charge in [0.25, 0.3) is 11.8 Å². The average Bonchev–Trinajstić information content (AvgIpc) is 3.01. The molecule has 0 bridgehead atoms. The van der Waals surface area contributed by atoms with Crippen LogP contribution in [0, 0.1) is 0 Å². The van der Waals surface area contributed by atoms with Crippen molar-refractivity contribution in [1.82, 2.24) is 15.1 Å². The highest BCUT2D eigenvalue weighted by Gasteiger charge is 2.25. The van der Waals surface area contributed by atoms with Crippen molar-refractivity contribution in [3.8, 4) is 0 Å². The van der Waals surface area contributed by atoms with E-state index >= 15 is 0 Å². The lowest BCUT2D eigenvalue weighted by Crippen LogP contribution is -2.50. The number of carbonyl (C=O) groups is 4. The lowest BCUT2D eigenvalue weighted by atomic mass is 10.0. The highest BCUT2D eigenvalue weighted by molar-refractivity contribution is 5.98. The van der Waals surface area contributed by atoms with Gasteiger partial charge in [0.15, 0.2) is 0 Å². The molecule has 0 spiro atoms. The lowest BCUT2D eigenvalue weighted by Gasteiger charge is -2.34. The molecule has 3 amide bonds. The third-order valence-corrected chi connectivity index (χ3v) is 8.18. The number of piperazine rings is 1. The van der Waals surface area contributed by atoms with Crippen LogP contribution in [0.3, 0.4) is 0 Å². The summed E-state index contributed by atoms with van der Waals surface area (Å²) >= 11 is 0. The average molecular weight is 586 g/mol. The first-order valence-electron chi connectivity index (χ1n) is 16.6. The molecule has 0 unspecified atom stereocenters. The minimum Gasteiger partial charge on any atom is -0.481 e. The topological polar surface area (TPSA) is 107 Å². The second-order valence-corrected chi connectivity index (χ2v) is 11.7. The van der Waals surface area contributed by atoms with Crippen molar-refractivity contribution in [2.24, 2.45) is 0 Å². The van der Waals surface area contributed by atoms with Crippen LogP contribution in [0.4, 0.5) is 0 Å². The van der Waals surface area contributed by atoms with Gasteiger partial charge in [-0.15, -0.1) is 0 Å². The molecule has 0 radical (unpaired) electrons. The SMILES string of the molecule is CCCCCCCCCCCCCCCCCCNC(=O)c1ccc(C(=O)N2CCN(C(=O)CCC(=O)O)CC2)cc1. The van der Waals surface area contributed by atoms with Gasteiger partial charge in [0, 0.05) is 50.3 Å². The zero-order valence-electron chi connectivity index (χ0n) is 26.0. The molecule has 2 N–H and O–H groups in total. The number of hydrogen-bond donors (Lipinski definition) is 2. The molecule has 1 aliphatic heterocycles. The number of carboxylic acid groups (broad SMARTS) is 1. The monoisotopic (exact) mass is 585 g/mol. The van der Waals surface area contributed by atoms with E-state index in [2.05, 4.69) is 12.2 Å². The van der Waals surface area contributed by atoms with Gasteiger partial charge in [-0.05, 0) is 30.7 Å². The molecule has 0 saturated carbocycles. The van der Waals surface area contributed by atoms with E-state index in [-0.39, 0.29) is 30.6 Å². The summed E-state index contributed by atoms with van der Waals surface area (Å²) in [5.41, 5.74) is 1.05. The number of carbonyl (C=O) groups excluding carboxylic acids is 3. The first-order valence-corrected chi connectivity index (χ1v) is 16.6. The second kappa shape index (κ2) is 21.8. The van der Waals surface area contributed by atoms with Gasteiger partial charge in [-0.3, -0.25) is 19.2 Å². The Bertz CT molecular complexity index is 926. The maximum Gasteiger partial charge on any atom is 0.303 e. The summed E-state index contributed by atoms with van der Waals surface area (Å²) < 4.78 is 0. The molecule has 8 nitrogen and oxygen atoms in total. The number of carboxylic acids is 1. The predicted octanol–water partition coefficient (Wildman–Crippen LogP) is 6.83. The van der Waals surface area contributed by atoms with Crippen LogP contribution in [-0.4, -0.2) is 71.3 Å². The maximum absolute atomic E-state index is 12.9. The predicted molar refractivity (Wildman–Crippen MR) is 168 cm³/mol. The van der Waals surface area contributed by atoms with Gasteiger partial charge < -0.3 is 20.2 Å². The molecule has 0 aliphatic carbocycles. The Labute approximate surface area is 253 Å². The number of unbranched alkanes of at least 4 members (excludes halogenated alkanes) is 15. The van der Waals surface area contributed by atoms with Crippen molar-refractivity contribution in [3.63, 3.8) is 0 Å². The Kier molecular flexibility index (Phi) is 18.3.